The maximum Gasteiger partial charge on any atom is 0.250 e. The molecular weight excluding hydrogens is 407 g/mol. The van der Waals surface area contributed by atoms with Crippen molar-refractivity contribution in [1.82, 2.24) is 29.9 Å². The highest BCUT2D eigenvalue weighted by Crippen LogP contribution is 2.30. The Kier molecular flexibility index (Phi) is 8.05. The van der Waals surface area contributed by atoms with Gasteiger partial charge in [-0.1, -0.05) is 0 Å². The van der Waals surface area contributed by atoms with Crippen LogP contribution in [0, 0.1) is 0 Å². The molecular formula is C17H26Cl2N6OS. The van der Waals surface area contributed by atoms with Gasteiger partial charge >= 0.3 is 0 Å². The first kappa shape index (κ1) is 22.1. The van der Waals surface area contributed by atoms with E-state index in [0.717, 1.165) is 64.3 Å². The van der Waals surface area contributed by atoms with Crippen molar-refractivity contribution in [3.63, 3.8) is 0 Å². The highest BCUT2D eigenvalue weighted by molar-refractivity contribution is 7.07. The molecule has 4 heterocycles. The summed E-state index contributed by atoms with van der Waals surface area (Å²) in [6.45, 7) is 5.94. The van der Waals surface area contributed by atoms with Gasteiger partial charge in [-0.15, -0.1) is 36.2 Å². The lowest BCUT2D eigenvalue weighted by atomic mass is 9.86. The van der Waals surface area contributed by atoms with Gasteiger partial charge in [0.25, 0.3) is 5.91 Å². The molecule has 1 amide bonds. The third kappa shape index (κ3) is 4.63. The molecule has 2 aromatic heterocycles. The molecule has 150 valence electrons. The Morgan fingerprint density at radius 2 is 1.93 bits per heavy atom. The number of amides is 1. The predicted octanol–water partition coefficient (Wildman–Crippen LogP) is 1.61. The molecule has 2 aliphatic rings. The highest BCUT2D eigenvalue weighted by Gasteiger charge is 2.44. The summed E-state index contributed by atoms with van der Waals surface area (Å²) in [6, 6.07) is 1.91. The van der Waals surface area contributed by atoms with E-state index < -0.39 is 5.54 Å². The highest BCUT2D eigenvalue weighted by atomic mass is 35.5. The fourth-order valence-electron chi connectivity index (χ4n) is 3.85. The Labute approximate surface area is 175 Å². The second-order valence-corrected chi connectivity index (χ2v) is 7.50. The summed E-state index contributed by atoms with van der Waals surface area (Å²) in [4.78, 5) is 22.2. The molecule has 27 heavy (non-hydrogen) atoms. The maximum absolute atomic E-state index is 13.4. The summed E-state index contributed by atoms with van der Waals surface area (Å²) < 4.78 is 1.89. The topological polar surface area (TPSA) is 66.3 Å². The van der Waals surface area contributed by atoms with Crippen LogP contribution >= 0.6 is 36.2 Å². The number of piperazine rings is 1. The normalized spacial score (nSPS) is 19.8. The van der Waals surface area contributed by atoms with Crippen molar-refractivity contribution in [2.45, 2.75) is 24.9 Å². The van der Waals surface area contributed by atoms with Crippen LogP contribution in [0.3, 0.4) is 0 Å². The second kappa shape index (κ2) is 9.84. The van der Waals surface area contributed by atoms with E-state index in [-0.39, 0.29) is 30.7 Å². The number of carbonyl (C=O) groups is 1. The summed E-state index contributed by atoms with van der Waals surface area (Å²) >= 11 is 1.63. The van der Waals surface area contributed by atoms with Crippen molar-refractivity contribution >= 4 is 42.1 Å². The standard InChI is InChI=1S/C17H24N6OS.2ClH/c24-16(17(2-5-18-6-3-17)23-7-1-4-20-23)22-10-8-21(9-11-22)12-15-13-25-14-19-15;;/h1,4,7,13-14,18H,2-3,5-6,8-12H2;2*1H. The third-order valence-corrected chi connectivity index (χ3v) is 5.94. The molecule has 10 heteroatoms. The van der Waals surface area contributed by atoms with E-state index in [1.807, 2.05) is 27.4 Å². The van der Waals surface area contributed by atoms with Gasteiger partial charge in [-0.25, -0.2) is 4.98 Å². The van der Waals surface area contributed by atoms with E-state index in [2.05, 4.69) is 25.7 Å². The summed E-state index contributed by atoms with van der Waals surface area (Å²) in [5.41, 5.74) is 2.47. The number of piperidine rings is 1. The van der Waals surface area contributed by atoms with Crippen molar-refractivity contribution in [2.24, 2.45) is 0 Å². The van der Waals surface area contributed by atoms with Gasteiger partial charge in [0.2, 0.25) is 0 Å². The first-order chi connectivity index (χ1) is 12.3. The summed E-state index contributed by atoms with van der Waals surface area (Å²) in [5.74, 6) is 0.228. The van der Waals surface area contributed by atoms with E-state index in [9.17, 15) is 4.79 Å². The Morgan fingerprint density at radius 3 is 2.52 bits per heavy atom. The summed E-state index contributed by atoms with van der Waals surface area (Å²) in [6.07, 6.45) is 5.30. The van der Waals surface area contributed by atoms with Crippen molar-refractivity contribution in [3.05, 3.63) is 35.0 Å². The number of halogens is 2. The molecule has 2 aliphatic heterocycles. The zero-order valence-corrected chi connectivity index (χ0v) is 17.6. The van der Waals surface area contributed by atoms with Gasteiger partial charge in [-0.05, 0) is 32.0 Å². The van der Waals surface area contributed by atoms with Crippen LogP contribution in [0.2, 0.25) is 0 Å². The van der Waals surface area contributed by atoms with Crippen molar-refractivity contribution < 1.29 is 4.79 Å². The number of carbonyl (C=O) groups excluding carboxylic acids is 1. The molecule has 2 aromatic rings. The van der Waals surface area contributed by atoms with Crippen LogP contribution in [-0.4, -0.2) is 69.7 Å². The minimum Gasteiger partial charge on any atom is -0.338 e. The average Bonchev–Trinajstić information content (AvgIpc) is 3.36. The third-order valence-electron chi connectivity index (χ3n) is 5.30. The molecule has 4 rings (SSSR count). The van der Waals surface area contributed by atoms with Crippen LogP contribution in [0.4, 0.5) is 0 Å². The number of thiazole rings is 1. The van der Waals surface area contributed by atoms with Gasteiger partial charge in [0.1, 0.15) is 5.54 Å². The van der Waals surface area contributed by atoms with Crippen molar-refractivity contribution in [3.8, 4) is 0 Å². The number of rotatable bonds is 4. The van der Waals surface area contributed by atoms with Gasteiger partial charge in [0.05, 0.1) is 11.2 Å². The molecule has 1 N–H and O–H groups in total. The quantitative estimate of drug-likeness (QED) is 0.794. The Bertz CT molecular complexity index is 682. The van der Waals surface area contributed by atoms with Crippen LogP contribution in [0.5, 0.6) is 0 Å². The molecule has 0 aliphatic carbocycles. The van der Waals surface area contributed by atoms with Crippen molar-refractivity contribution in [2.75, 3.05) is 39.3 Å². The SMILES string of the molecule is Cl.Cl.O=C(N1CCN(Cc2cscn2)CC1)C1(n2cccn2)CCNCC1. The van der Waals surface area contributed by atoms with E-state index >= 15 is 0 Å². The number of hydrogen-bond donors (Lipinski definition) is 1. The molecule has 0 unspecified atom stereocenters. The van der Waals surface area contributed by atoms with Gasteiger partial charge in [0, 0.05) is 50.5 Å². The lowest BCUT2D eigenvalue weighted by Crippen LogP contribution is -2.59. The Hall–Kier alpha value is -1.19. The first-order valence-electron chi connectivity index (χ1n) is 8.88. The minimum absolute atomic E-state index is 0. The number of hydrogen-bond acceptors (Lipinski definition) is 6. The van der Waals surface area contributed by atoms with Gasteiger partial charge < -0.3 is 10.2 Å². The van der Waals surface area contributed by atoms with Crippen LogP contribution in [-0.2, 0) is 16.9 Å². The van der Waals surface area contributed by atoms with E-state index in [0.29, 0.717) is 0 Å². The summed E-state index contributed by atoms with van der Waals surface area (Å²) in [7, 11) is 0. The number of nitrogens with one attached hydrogen (secondary N) is 1. The fraction of sp³-hybridized carbons (Fsp3) is 0.588. The summed E-state index contributed by atoms with van der Waals surface area (Å²) in [5, 5.41) is 9.88. The average molecular weight is 433 g/mol. The van der Waals surface area contributed by atoms with Crippen molar-refractivity contribution in [1.29, 1.82) is 0 Å². The second-order valence-electron chi connectivity index (χ2n) is 6.78. The zero-order valence-electron chi connectivity index (χ0n) is 15.1. The van der Waals surface area contributed by atoms with Gasteiger partial charge in [-0.3, -0.25) is 14.4 Å². The largest absolute Gasteiger partial charge is 0.338 e. The molecule has 0 aromatic carbocycles. The smallest absolute Gasteiger partial charge is 0.250 e. The lowest BCUT2D eigenvalue weighted by Gasteiger charge is -2.43. The minimum atomic E-state index is -0.522. The molecule has 0 bridgehead atoms. The van der Waals surface area contributed by atoms with Crippen LogP contribution in [0.15, 0.2) is 29.4 Å². The van der Waals surface area contributed by atoms with Crippen LogP contribution in [0.1, 0.15) is 18.5 Å². The van der Waals surface area contributed by atoms with Gasteiger partial charge in [0.15, 0.2) is 0 Å². The molecule has 7 nitrogen and oxygen atoms in total. The maximum atomic E-state index is 13.4. The molecule has 0 spiro atoms. The van der Waals surface area contributed by atoms with E-state index in [1.54, 1.807) is 17.5 Å². The lowest BCUT2D eigenvalue weighted by molar-refractivity contribution is -0.145. The molecule has 2 saturated heterocycles. The van der Waals surface area contributed by atoms with Gasteiger partial charge in [-0.2, -0.15) is 5.10 Å². The molecule has 0 atom stereocenters. The van der Waals surface area contributed by atoms with Crippen LogP contribution in [0.25, 0.3) is 0 Å². The molecule has 2 fully saturated rings. The number of nitrogens with zero attached hydrogens (tertiary/aromatic N) is 5. The van der Waals surface area contributed by atoms with E-state index in [4.69, 9.17) is 0 Å². The van der Waals surface area contributed by atoms with E-state index in [1.165, 1.54) is 0 Å². The Morgan fingerprint density at radius 1 is 1.19 bits per heavy atom. The Balaban J connectivity index is 0.00000131. The first-order valence-corrected chi connectivity index (χ1v) is 9.82. The number of aromatic nitrogens is 3. The zero-order chi connectivity index (χ0) is 17.1. The van der Waals surface area contributed by atoms with Crippen LogP contribution < -0.4 is 5.32 Å². The monoisotopic (exact) mass is 432 g/mol. The fourth-order valence-corrected chi connectivity index (χ4v) is 4.40. The molecule has 0 radical (unpaired) electrons. The predicted molar refractivity (Wildman–Crippen MR) is 111 cm³/mol. The molecule has 0 saturated carbocycles.